The molecule has 0 saturated heterocycles. The normalized spacial score (nSPS) is 9.91. The predicted octanol–water partition coefficient (Wildman–Crippen LogP) is 3.00. The van der Waals surface area contributed by atoms with Crippen molar-refractivity contribution in [3.05, 3.63) is 30.1 Å². The van der Waals surface area contributed by atoms with E-state index in [9.17, 15) is 0 Å². The molecule has 0 unspecified atom stereocenters. The van der Waals surface area contributed by atoms with E-state index in [2.05, 4.69) is 30.7 Å². The highest BCUT2D eigenvalue weighted by atomic mass is 14.7. The Morgan fingerprint density at radius 1 is 1.64 bits per heavy atom. The van der Waals surface area contributed by atoms with Crippen molar-refractivity contribution in [1.29, 1.82) is 0 Å². The van der Waals surface area contributed by atoms with Gasteiger partial charge >= 0.3 is 0 Å². The van der Waals surface area contributed by atoms with Gasteiger partial charge in [0.2, 0.25) is 0 Å². The Hall–Kier alpha value is -0.980. The summed E-state index contributed by atoms with van der Waals surface area (Å²) in [6.45, 7) is 5.90. The third-order valence-electron chi connectivity index (χ3n) is 1.80. The summed E-state index contributed by atoms with van der Waals surface area (Å²) in [5.41, 5.74) is 2.51. The lowest BCUT2D eigenvalue weighted by molar-refractivity contribution is 0.796. The van der Waals surface area contributed by atoms with Crippen LogP contribution in [0.4, 0.5) is 0 Å². The maximum atomic E-state index is 3.69. The van der Waals surface area contributed by atoms with Gasteiger partial charge in [0.1, 0.15) is 0 Å². The van der Waals surface area contributed by atoms with Crippen molar-refractivity contribution >= 4 is 6.08 Å². The first-order valence-electron chi connectivity index (χ1n) is 4.16. The van der Waals surface area contributed by atoms with Crippen LogP contribution in [0.1, 0.15) is 31.0 Å². The van der Waals surface area contributed by atoms with Crippen molar-refractivity contribution in [3.8, 4) is 0 Å². The molecule has 1 aromatic rings. The van der Waals surface area contributed by atoms with Gasteiger partial charge in [0.05, 0.1) is 0 Å². The smallest absolute Gasteiger partial charge is 0.0377 e. The first kappa shape index (κ1) is 8.12. The van der Waals surface area contributed by atoms with E-state index in [0.29, 0.717) is 0 Å². The Labute approximate surface area is 68.1 Å². The summed E-state index contributed by atoms with van der Waals surface area (Å²) >= 11 is 0. The molecule has 0 aliphatic heterocycles. The minimum Gasteiger partial charge on any atom is -0.361 e. The number of aromatic nitrogens is 1. The van der Waals surface area contributed by atoms with Gasteiger partial charge in [-0.1, -0.05) is 19.9 Å². The van der Waals surface area contributed by atoms with E-state index in [-0.39, 0.29) is 0 Å². The Morgan fingerprint density at radius 2 is 2.45 bits per heavy atom. The second-order valence-corrected chi connectivity index (χ2v) is 2.77. The molecular weight excluding hydrogens is 134 g/mol. The van der Waals surface area contributed by atoms with Crippen molar-refractivity contribution in [2.75, 3.05) is 0 Å². The van der Waals surface area contributed by atoms with E-state index in [0.717, 1.165) is 5.69 Å². The maximum absolute atomic E-state index is 3.69. The predicted molar refractivity (Wildman–Crippen MR) is 49.5 cm³/mol. The first-order valence-corrected chi connectivity index (χ1v) is 4.16. The van der Waals surface area contributed by atoms with Crippen LogP contribution in [0, 0.1) is 0 Å². The van der Waals surface area contributed by atoms with E-state index < -0.39 is 0 Å². The number of unbranched alkanes of at least 4 members (excludes halogenated alkanes) is 1. The number of rotatable bonds is 4. The van der Waals surface area contributed by atoms with E-state index in [1.165, 1.54) is 24.8 Å². The molecule has 0 atom stereocenters. The summed E-state index contributed by atoms with van der Waals surface area (Å²) in [5.74, 6) is 0. The van der Waals surface area contributed by atoms with E-state index >= 15 is 0 Å². The van der Waals surface area contributed by atoms with Gasteiger partial charge in [0.25, 0.3) is 0 Å². The van der Waals surface area contributed by atoms with Crippen molar-refractivity contribution in [1.82, 2.24) is 4.98 Å². The van der Waals surface area contributed by atoms with Gasteiger partial charge in [-0.15, -0.1) is 0 Å². The van der Waals surface area contributed by atoms with Crippen LogP contribution in [0.25, 0.3) is 6.08 Å². The Kier molecular flexibility index (Phi) is 2.96. The third-order valence-corrected chi connectivity index (χ3v) is 1.80. The zero-order valence-corrected chi connectivity index (χ0v) is 7.06. The van der Waals surface area contributed by atoms with Crippen LogP contribution in [0.3, 0.4) is 0 Å². The van der Waals surface area contributed by atoms with Crippen LogP contribution in [0.5, 0.6) is 0 Å². The van der Waals surface area contributed by atoms with Crippen LogP contribution in [-0.2, 0) is 6.42 Å². The number of hydrogen-bond donors (Lipinski definition) is 1. The van der Waals surface area contributed by atoms with Gasteiger partial charge in [0, 0.05) is 11.9 Å². The molecule has 1 rings (SSSR count). The summed E-state index contributed by atoms with van der Waals surface area (Å²) in [5, 5.41) is 0. The molecule has 0 bridgehead atoms. The third kappa shape index (κ3) is 2.26. The molecule has 0 fully saturated rings. The molecule has 0 saturated carbocycles. The molecular formula is C10H15N. The molecule has 0 amide bonds. The molecule has 1 heteroatoms. The van der Waals surface area contributed by atoms with Gasteiger partial charge in [-0.2, -0.15) is 0 Å². The monoisotopic (exact) mass is 149 g/mol. The van der Waals surface area contributed by atoms with E-state index in [1.807, 2.05) is 6.08 Å². The topological polar surface area (TPSA) is 15.8 Å². The molecule has 0 spiro atoms. The zero-order valence-electron chi connectivity index (χ0n) is 7.06. The number of nitrogens with one attached hydrogen (secondary N) is 1. The zero-order chi connectivity index (χ0) is 8.10. The molecule has 0 aliphatic rings. The quantitative estimate of drug-likeness (QED) is 0.677. The highest BCUT2D eigenvalue weighted by Gasteiger charge is 1.94. The molecule has 0 radical (unpaired) electrons. The summed E-state index contributed by atoms with van der Waals surface area (Å²) in [7, 11) is 0. The molecule has 1 heterocycles. The van der Waals surface area contributed by atoms with E-state index in [1.54, 1.807) is 0 Å². The highest BCUT2D eigenvalue weighted by molar-refractivity contribution is 5.43. The highest BCUT2D eigenvalue weighted by Crippen LogP contribution is 2.07. The van der Waals surface area contributed by atoms with Gasteiger partial charge in [-0.05, 0) is 30.5 Å². The molecule has 1 nitrogen and oxygen atoms in total. The fourth-order valence-corrected chi connectivity index (χ4v) is 1.10. The molecule has 0 aromatic carbocycles. The average molecular weight is 149 g/mol. The SMILES string of the molecule is C=Cc1cc(CCCC)c[nH]1. The van der Waals surface area contributed by atoms with Crippen molar-refractivity contribution < 1.29 is 0 Å². The molecule has 1 aromatic heterocycles. The van der Waals surface area contributed by atoms with Crippen molar-refractivity contribution in [2.45, 2.75) is 26.2 Å². The van der Waals surface area contributed by atoms with Crippen molar-refractivity contribution in [3.63, 3.8) is 0 Å². The first-order chi connectivity index (χ1) is 5.36. The minimum absolute atomic E-state index is 1.12. The molecule has 0 aliphatic carbocycles. The van der Waals surface area contributed by atoms with Crippen LogP contribution in [-0.4, -0.2) is 4.98 Å². The maximum Gasteiger partial charge on any atom is 0.0377 e. The van der Waals surface area contributed by atoms with Gasteiger partial charge in [-0.3, -0.25) is 0 Å². The summed E-state index contributed by atoms with van der Waals surface area (Å²) in [6.07, 6.45) is 7.62. The lowest BCUT2D eigenvalue weighted by Gasteiger charge is -1.91. The van der Waals surface area contributed by atoms with E-state index in [4.69, 9.17) is 0 Å². The van der Waals surface area contributed by atoms with Gasteiger partial charge in [-0.25, -0.2) is 0 Å². The van der Waals surface area contributed by atoms with Crippen LogP contribution >= 0.6 is 0 Å². The second-order valence-electron chi connectivity index (χ2n) is 2.77. The number of aromatic amines is 1. The largest absolute Gasteiger partial charge is 0.361 e. The number of aryl methyl sites for hydroxylation is 1. The molecule has 60 valence electrons. The lowest BCUT2D eigenvalue weighted by atomic mass is 10.1. The Bertz CT molecular complexity index is 223. The van der Waals surface area contributed by atoms with Gasteiger partial charge in [0.15, 0.2) is 0 Å². The fourth-order valence-electron chi connectivity index (χ4n) is 1.10. The van der Waals surface area contributed by atoms with Crippen LogP contribution in [0.2, 0.25) is 0 Å². The number of H-pyrrole nitrogens is 1. The summed E-state index contributed by atoms with van der Waals surface area (Å²) < 4.78 is 0. The van der Waals surface area contributed by atoms with Crippen LogP contribution in [0.15, 0.2) is 18.8 Å². The van der Waals surface area contributed by atoms with Gasteiger partial charge < -0.3 is 4.98 Å². The summed E-state index contributed by atoms with van der Waals surface area (Å²) in [6, 6.07) is 2.16. The van der Waals surface area contributed by atoms with Crippen LogP contribution < -0.4 is 0 Å². The average Bonchev–Trinajstić information content (AvgIpc) is 2.48. The standard InChI is InChI=1S/C10H15N/c1-3-5-6-9-7-10(4-2)11-8-9/h4,7-8,11H,2-3,5-6H2,1H3. The lowest BCUT2D eigenvalue weighted by Crippen LogP contribution is -1.78. The molecule has 11 heavy (non-hydrogen) atoms. The Balaban J connectivity index is 2.51. The fraction of sp³-hybridized carbons (Fsp3) is 0.400. The number of hydrogen-bond acceptors (Lipinski definition) is 0. The summed E-state index contributed by atoms with van der Waals surface area (Å²) in [4.78, 5) is 3.15. The molecule has 1 N–H and O–H groups in total. The Morgan fingerprint density at radius 3 is 3.00 bits per heavy atom. The minimum atomic E-state index is 1.12. The van der Waals surface area contributed by atoms with Crippen molar-refractivity contribution in [2.24, 2.45) is 0 Å². The second kappa shape index (κ2) is 4.02.